The minimum atomic E-state index is 0.681. The second kappa shape index (κ2) is 3.57. The molecular weight excluding hydrogens is 144 g/mol. The summed E-state index contributed by atoms with van der Waals surface area (Å²) in [6.07, 6.45) is 8.58. The van der Waals surface area contributed by atoms with Crippen molar-refractivity contribution in [1.29, 1.82) is 0 Å². The number of hydrogen-bond acceptors (Lipinski definition) is 0. The summed E-state index contributed by atoms with van der Waals surface area (Å²) in [7, 11) is 0. The maximum Gasteiger partial charge on any atom is 0.00180 e. The molecule has 62 valence electrons. The van der Waals surface area contributed by atoms with Gasteiger partial charge in [0.25, 0.3) is 0 Å². The summed E-state index contributed by atoms with van der Waals surface area (Å²) in [4.78, 5) is 0. The predicted molar refractivity (Wildman–Crippen MR) is 52.2 cm³/mol. The van der Waals surface area contributed by atoms with E-state index in [9.17, 15) is 0 Å². The third-order valence-electron chi connectivity index (χ3n) is 2.48. The Morgan fingerprint density at radius 2 is 1.92 bits per heavy atom. The van der Waals surface area contributed by atoms with Crippen LogP contribution >= 0.6 is 0 Å². The summed E-state index contributed by atoms with van der Waals surface area (Å²) < 4.78 is 0. The van der Waals surface area contributed by atoms with Gasteiger partial charge in [-0.05, 0) is 24.8 Å². The van der Waals surface area contributed by atoms with E-state index in [1.807, 2.05) is 0 Å². The first kappa shape index (κ1) is 7.60. The van der Waals surface area contributed by atoms with Crippen molar-refractivity contribution >= 4 is 0 Å². The van der Waals surface area contributed by atoms with E-state index >= 15 is 0 Å². The van der Waals surface area contributed by atoms with Gasteiger partial charge in [-0.15, -0.1) is 0 Å². The molecule has 0 spiro atoms. The van der Waals surface area contributed by atoms with Gasteiger partial charge in [-0.25, -0.2) is 0 Å². The quantitative estimate of drug-likeness (QED) is 0.549. The summed E-state index contributed by atoms with van der Waals surface area (Å²) in [5.74, 6) is 0.681. The zero-order valence-electron chi connectivity index (χ0n) is 7.24. The lowest BCUT2D eigenvalue weighted by molar-refractivity contribution is 0.654. The largest absolute Gasteiger partial charge is 0.0879 e. The molecule has 1 unspecified atom stereocenters. The van der Waals surface area contributed by atoms with Crippen molar-refractivity contribution in [2.45, 2.75) is 25.2 Å². The summed E-state index contributed by atoms with van der Waals surface area (Å²) in [5.41, 5.74) is 1.47. The minimum Gasteiger partial charge on any atom is -0.0879 e. The Kier molecular flexibility index (Phi) is 2.26. The van der Waals surface area contributed by atoms with Crippen molar-refractivity contribution in [1.82, 2.24) is 0 Å². The Bertz CT molecular complexity index is 259. The van der Waals surface area contributed by atoms with Gasteiger partial charge in [-0.2, -0.15) is 0 Å². The molecular formula is C12H14. The van der Waals surface area contributed by atoms with Gasteiger partial charge in [0.2, 0.25) is 0 Å². The molecule has 0 heteroatoms. The first-order valence-electron chi connectivity index (χ1n) is 4.68. The standard InChI is InChI=1S/C12H14/c1-3-7-11(8-4-1)12-9-5-2-6-10-12/h1,3-5,7-9,12H,2,6,10H2. The van der Waals surface area contributed by atoms with E-state index in [1.54, 1.807) is 0 Å². The van der Waals surface area contributed by atoms with Gasteiger partial charge in [-0.3, -0.25) is 0 Å². The highest BCUT2D eigenvalue weighted by Crippen LogP contribution is 2.26. The Labute approximate surface area is 73.9 Å². The third-order valence-corrected chi connectivity index (χ3v) is 2.48. The molecule has 1 aromatic rings. The van der Waals surface area contributed by atoms with Crippen molar-refractivity contribution in [3.8, 4) is 0 Å². The smallest absolute Gasteiger partial charge is 0.00180 e. The van der Waals surface area contributed by atoms with Crippen LogP contribution in [0, 0.1) is 0 Å². The fourth-order valence-corrected chi connectivity index (χ4v) is 1.79. The van der Waals surface area contributed by atoms with Crippen molar-refractivity contribution in [3.63, 3.8) is 0 Å². The lowest BCUT2D eigenvalue weighted by Crippen LogP contribution is -1.98. The SMILES string of the molecule is C1=CC(c2ccccc2)CCC1. The van der Waals surface area contributed by atoms with E-state index in [4.69, 9.17) is 0 Å². The van der Waals surface area contributed by atoms with Gasteiger partial charge in [-0.1, -0.05) is 42.5 Å². The molecule has 0 heterocycles. The predicted octanol–water partition coefficient (Wildman–Crippen LogP) is 3.51. The molecule has 0 saturated carbocycles. The molecule has 0 aromatic heterocycles. The number of benzene rings is 1. The molecule has 0 fully saturated rings. The average molecular weight is 158 g/mol. The van der Waals surface area contributed by atoms with E-state index in [0.29, 0.717) is 5.92 Å². The summed E-state index contributed by atoms with van der Waals surface area (Å²) in [6, 6.07) is 10.8. The molecule has 12 heavy (non-hydrogen) atoms. The maximum absolute atomic E-state index is 2.35. The summed E-state index contributed by atoms with van der Waals surface area (Å²) in [5, 5.41) is 0. The van der Waals surface area contributed by atoms with Crippen molar-refractivity contribution in [2.75, 3.05) is 0 Å². The molecule has 0 aliphatic heterocycles. The maximum atomic E-state index is 2.35. The fourth-order valence-electron chi connectivity index (χ4n) is 1.79. The molecule has 0 saturated heterocycles. The molecule has 1 aromatic carbocycles. The Balaban J connectivity index is 2.19. The third kappa shape index (κ3) is 1.58. The topological polar surface area (TPSA) is 0 Å². The average Bonchev–Trinajstić information content (AvgIpc) is 2.21. The van der Waals surface area contributed by atoms with Crippen molar-refractivity contribution < 1.29 is 0 Å². The highest BCUT2D eigenvalue weighted by atomic mass is 14.1. The van der Waals surface area contributed by atoms with Crippen LogP contribution < -0.4 is 0 Å². The molecule has 0 bridgehead atoms. The molecule has 2 rings (SSSR count). The second-order valence-corrected chi connectivity index (χ2v) is 3.38. The monoisotopic (exact) mass is 158 g/mol. The molecule has 1 aliphatic carbocycles. The van der Waals surface area contributed by atoms with Crippen LogP contribution in [0.2, 0.25) is 0 Å². The van der Waals surface area contributed by atoms with Crippen LogP contribution in [0.5, 0.6) is 0 Å². The number of allylic oxidation sites excluding steroid dienone is 2. The van der Waals surface area contributed by atoms with Crippen LogP contribution in [0.4, 0.5) is 0 Å². The van der Waals surface area contributed by atoms with E-state index in [2.05, 4.69) is 42.5 Å². The Morgan fingerprint density at radius 3 is 2.58 bits per heavy atom. The molecule has 0 amide bonds. The minimum absolute atomic E-state index is 0.681. The molecule has 1 atom stereocenters. The highest BCUT2D eigenvalue weighted by Gasteiger charge is 2.09. The Morgan fingerprint density at radius 1 is 1.08 bits per heavy atom. The molecule has 0 N–H and O–H groups in total. The van der Waals surface area contributed by atoms with Gasteiger partial charge in [0.05, 0.1) is 0 Å². The first-order valence-corrected chi connectivity index (χ1v) is 4.68. The molecule has 1 aliphatic rings. The zero-order valence-corrected chi connectivity index (χ0v) is 7.24. The first-order chi connectivity index (χ1) is 5.97. The van der Waals surface area contributed by atoms with Gasteiger partial charge in [0.15, 0.2) is 0 Å². The zero-order chi connectivity index (χ0) is 8.23. The van der Waals surface area contributed by atoms with E-state index in [1.165, 1.54) is 24.8 Å². The van der Waals surface area contributed by atoms with Crippen LogP contribution in [0.15, 0.2) is 42.5 Å². The molecule has 0 radical (unpaired) electrons. The van der Waals surface area contributed by atoms with Crippen LogP contribution in [0.25, 0.3) is 0 Å². The van der Waals surface area contributed by atoms with Gasteiger partial charge >= 0.3 is 0 Å². The van der Waals surface area contributed by atoms with E-state index in [0.717, 1.165) is 0 Å². The Hall–Kier alpha value is -1.04. The van der Waals surface area contributed by atoms with Crippen LogP contribution in [-0.4, -0.2) is 0 Å². The second-order valence-electron chi connectivity index (χ2n) is 3.38. The van der Waals surface area contributed by atoms with Gasteiger partial charge < -0.3 is 0 Å². The van der Waals surface area contributed by atoms with Crippen molar-refractivity contribution in [3.05, 3.63) is 48.0 Å². The van der Waals surface area contributed by atoms with Crippen LogP contribution in [0.1, 0.15) is 30.7 Å². The van der Waals surface area contributed by atoms with Crippen LogP contribution in [-0.2, 0) is 0 Å². The highest BCUT2D eigenvalue weighted by molar-refractivity contribution is 5.24. The van der Waals surface area contributed by atoms with Gasteiger partial charge in [0, 0.05) is 5.92 Å². The van der Waals surface area contributed by atoms with E-state index < -0.39 is 0 Å². The van der Waals surface area contributed by atoms with Crippen LogP contribution in [0.3, 0.4) is 0 Å². The van der Waals surface area contributed by atoms with Crippen molar-refractivity contribution in [2.24, 2.45) is 0 Å². The normalized spacial score (nSPS) is 22.5. The molecule has 0 nitrogen and oxygen atoms in total. The lowest BCUT2D eigenvalue weighted by Gasteiger charge is -2.16. The summed E-state index contributed by atoms with van der Waals surface area (Å²) in [6.45, 7) is 0. The number of rotatable bonds is 1. The van der Waals surface area contributed by atoms with Gasteiger partial charge in [0.1, 0.15) is 0 Å². The number of hydrogen-bond donors (Lipinski definition) is 0. The van der Waals surface area contributed by atoms with E-state index in [-0.39, 0.29) is 0 Å². The summed E-state index contributed by atoms with van der Waals surface area (Å²) >= 11 is 0. The fraction of sp³-hybridized carbons (Fsp3) is 0.333. The lowest BCUT2D eigenvalue weighted by atomic mass is 9.89.